The zero-order chi connectivity index (χ0) is 16.7. The van der Waals surface area contributed by atoms with E-state index in [0.29, 0.717) is 13.1 Å². The summed E-state index contributed by atoms with van der Waals surface area (Å²) < 4.78 is 0. The van der Waals surface area contributed by atoms with Gasteiger partial charge in [0.1, 0.15) is 0 Å². The molecule has 0 aromatic carbocycles. The Morgan fingerprint density at radius 3 is 2.41 bits per heavy atom. The van der Waals surface area contributed by atoms with Gasteiger partial charge in [-0.05, 0) is 19.9 Å². The van der Waals surface area contributed by atoms with E-state index in [9.17, 15) is 14.4 Å². The number of hydrogen-bond acceptors (Lipinski definition) is 5. The summed E-state index contributed by atoms with van der Waals surface area (Å²) in [4.78, 5) is 40.7. The highest BCUT2D eigenvalue weighted by Gasteiger charge is 2.25. The van der Waals surface area contributed by atoms with E-state index in [0.717, 1.165) is 26.1 Å². The smallest absolute Gasteiger partial charge is 0.321 e. The lowest BCUT2D eigenvalue weighted by Crippen LogP contribution is -2.50. The second-order valence-electron chi connectivity index (χ2n) is 5.70. The van der Waals surface area contributed by atoms with E-state index in [1.54, 1.807) is 25.9 Å². The maximum Gasteiger partial charge on any atom is 0.321 e. The molecule has 0 spiro atoms. The number of urea groups is 1. The average Bonchev–Trinajstić information content (AvgIpc) is 2.71. The molecule has 0 radical (unpaired) electrons. The Bertz CT molecular complexity index is 413. The van der Waals surface area contributed by atoms with E-state index in [1.165, 1.54) is 7.05 Å². The lowest BCUT2D eigenvalue weighted by Gasteiger charge is -2.26. The minimum absolute atomic E-state index is 0.0823. The van der Waals surface area contributed by atoms with Crippen molar-refractivity contribution >= 4 is 17.8 Å². The molecule has 1 unspecified atom stereocenters. The molecule has 0 aromatic heterocycles. The lowest BCUT2D eigenvalue weighted by atomic mass is 10.2. The first kappa shape index (κ1) is 18.4. The molecule has 0 aromatic rings. The molecule has 1 rings (SSSR count). The van der Waals surface area contributed by atoms with Crippen LogP contribution >= 0.6 is 0 Å². The zero-order valence-corrected chi connectivity index (χ0v) is 13.9. The minimum Gasteiger partial charge on any atom is -0.348 e. The fourth-order valence-electron chi connectivity index (χ4n) is 2.31. The van der Waals surface area contributed by atoms with Crippen LogP contribution in [0.4, 0.5) is 4.79 Å². The second-order valence-corrected chi connectivity index (χ2v) is 5.70. The highest BCUT2D eigenvalue weighted by Crippen LogP contribution is 2.07. The van der Waals surface area contributed by atoms with Crippen LogP contribution in [0.1, 0.15) is 13.3 Å². The molecule has 1 aliphatic heterocycles. The van der Waals surface area contributed by atoms with Crippen LogP contribution in [0.15, 0.2) is 0 Å². The number of rotatable bonds is 4. The number of likely N-dealkylation sites (N-methyl/N-ethyl adjacent to an activating group) is 1. The highest BCUT2D eigenvalue weighted by molar-refractivity contribution is 5.96. The summed E-state index contributed by atoms with van der Waals surface area (Å²) in [5, 5.41) is 4.67. The first-order valence-electron chi connectivity index (χ1n) is 7.54. The maximum atomic E-state index is 12.0. The summed E-state index contributed by atoms with van der Waals surface area (Å²) in [6.07, 6.45) is 0.887. The monoisotopic (exact) mass is 313 g/mol. The van der Waals surface area contributed by atoms with Gasteiger partial charge in [0, 0.05) is 40.8 Å². The minimum atomic E-state index is -0.495. The van der Waals surface area contributed by atoms with E-state index in [2.05, 4.69) is 15.5 Å². The topological polar surface area (TPSA) is 85.0 Å². The Morgan fingerprint density at radius 2 is 1.82 bits per heavy atom. The van der Waals surface area contributed by atoms with Gasteiger partial charge >= 0.3 is 6.03 Å². The van der Waals surface area contributed by atoms with Crippen molar-refractivity contribution in [3.05, 3.63) is 0 Å². The van der Waals surface area contributed by atoms with Crippen molar-refractivity contribution in [1.82, 2.24) is 25.3 Å². The zero-order valence-electron chi connectivity index (χ0n) is 13.9. The Kier molecular flexibility index (Phi) is 7.26. The van der Waals surface area contributed by atoms with Gasteiger partial charge < -0.3 is 10.2 Å². The van der Waals surface area contributed by atoms with Gasteiger partial charge in [0.25, 0.3) is 0 Å². The fourth-order valence-corrected chi connectivity index (χ4v) is 2.31. The van der Waals surface area contributed by atoms with Gasteiger partial charge in [-0.3, -0.25) is 24.7 Å². The number of hydrogen-bond donors (Lipinski definition) is 2. The summed E-state index contributed by atoms with van der Waals surface area (Å²) in [6.45, 7) is 5.23. The van der Waals surface area contributed by atoms with E-state index in [1.807, 2.05) is 4.90 Å². The van der Waals surface area contributed by atoms with Crippen molar-refractivity contribution in [2.45, 2.75) is 19.4 Å². The molecule has 0 aliphatic carbocycles. The van der Waals surface area contributed by atoms with Crippen LogP contribution in [0.2, 0.25) is 0 Å². The van der Waals surface area contributed by atoms with Crippen LogP contribution in [0, 0.1) is 0 Å². The number of imide groups is 1. The van der Waals surface area contributed by atoms with Gasteiger partial charge in [-0.2, -0.15) is 0 Å². The molecule has 4 amide bonds. The van der Waals surface area contributed by atoms with Crippen molar-refractivity contribution in [3.63, 3.8) is 0 Å². The number of nitrogens with zero attached hydrogens (tertiary/aromatic N) is 3. The third-order valence-electron chi connectivity index (χ3n) is 3.87. The molecule has 126 valence electrons. The fraction of sp³-hybridized carbons (Fsp3) is 0.786. The Labute approximate surface area is 131 Å². The van der Waals surface area contributed by atoms with Gasteiger partial charge in [-0.15, -0.1) is 0 Å². The molecule has 1 aliphatic rings. The molecule has 1 saturated heterocycles. The van der Waals surface area contributed by atoms with Gasteiger partial charge in [0.2, 0.25) is 11.8 Å². The summed E-state index contributed by atoms with van der Waals surface area (Å²) in [5.41, 5.74) is 0. The maximum absolute atomic E-state index is 12.0. The van der Waals surface area contributed by atoms with Gasteiger partial charge in [-0.25, -0.2) is 4.79 Å². The average molecular weight is 313 g/mol. The molecule has 8 heteroatoms. The van der Waals surface area contributed by atoms with Gasteiger partial charge in [0.05, 0.1) is 12.6 Å². The summed E-state index contributed by atoms with van der Waals surface area (Å²) in [7, 11) is 4.97. The molecule has 2 N–H and O–H groups in total. The van der Waals surface area contributed by atoms with Crippen molar-refractivity contribution in [1.29, 1.82) is 0 Å². The molecule has 1 atom stereocenters. The molecule has 1 fully saturated rings. The van der Waals surface area contributed by atoms with E-state index < -0.39 is 6.03 Å². The van der Waals surface area contributed by atoms with Crippen molar-refractivity contribution in [3.8, 4) is 0 Å². The van der Waals surface area contributed by atoms with Crippen LogP contribution in [-0.4, -0.2) is 92.5 Å². The molecule has 22 heavy (non-hydrogen) atoms. The second kappa shape index (κ2) is 8.70. The first-order chi connectivity index (χ1) is 10.3. The molecule has 0 saturated carbocycles. The summed E-state index contributed by atoms with van der Waals surface area (Å²) in [6, 6.07) is -0.869. The summed E-state index contributed by atoms with van der Waals surface area (Å²) >= 11 is 0. The van der Waals surface area contributed by atoms with E-state index in [4.69, 9.17) is 0 Å². The largest absolute Gasteiger partial charge is 0.348 e. The summed E-state index contributed by atoms with van der Waals surface area (Å²) in [5.74, 6) is -0.226. The number of carbonyl (C=O) groups excluding carboxylic acids is 3. The molecular weight excluding hydrogens is 286 g/mol. The van der Waals surface area contributed by atoms with Crippen molar-refractivity contribution < 1.29 is 14.4 Å². The van der Waals surface area contributed by atoms with Crippen LogP contribution in [-0.2, 0) is 9.59 Å². The molecule has 0 bridgehead atoms. The number of amides is 4. The van der Waals surface area contributed by atoms with Crippen LogP contribution < -0.4 is 10.6 Å². The lowest BCUT2D eigenvalue weighted by molar-refractivity contribution is -0.130. The predicted octanol–water partition coefficient (Wildman–Crippen LogP) is -1.07. The van der Waals surface area contributed by atoms with Gasteiger partial charge in [0.15, 0.2) is 0 Å². The molecular formula is C14H27N5O3. The SMILES string of the molecule is CNC(=O)NC(=O)C(C)N1CCCN(CC(=O)N(C)C)CC1. The quantitative estimate of drug-likeness (QED) is 0.690. The van der Waals surface area contributed by atoms with E-state index in [-0.39, 0.29) is 17.9 Å². The normalized spacial score (nSPS) is 18.2. The molecule has 8 nitrogen and oxygen atoms in total. The van der Waals surface area contributed by atoms with Gasteiger partial charge in [-0.1, -0.05) is 0 Å². The van der Waals surface area contributed by atoms with E-state index >= 15 is 0 Å². The first-order valence-corrected chi connectivity index (χ1v) is 7.54. The van der Waals surface area contributed by atoms with Crippen molar-refractivity contribution in [2.75, 3.05) is 53.9 Å². The highest BCUT2D eigenvalue weighted by atomic mass is 16.2. The number of nitrogens with one attached hydrogen (secondary N) is 2. The van der Waals surface area contributed by atoms with Crippen LogP contribution in [0.5, 0.6) is 0 Å². The standard InChI is InChI=1S/C14H27N5O3/c1-11(13(21)16-14(22)15-2)19-7-5-6-18(8-9-19)10-12(20)17(3)4/h11H,5-10H2,1-4H3,(H2,15,16,21,22). The Balaban J connectivity index is 2.49. The third kappa shape index (κ3) is 5.61. The Morgan fingerprint density at radius 1 is 1.14 bits per heavy atom. The number of carbonyl (C=O) groups is 3. The predicted molar refractivity (Wildman–Crippen MR) is 83.4 cm³/mol. The Hall–Kier alpha value is -1.67. The molecule has 1 heterocycles. The van der Waals surface area contributed by atoms with Crippen LogP contribution in [0.3, 0.4) is 0 Å². The van der Waals surface area contributed by atoms with Crippen molar-refractivity contribution in [2.24, 2.45) is 0 Å². The third-order valence-corrected chi connectivity index (χ3v) is 3.87. The van der Waals surface area contributed by atoms with Crippen LogP contribution in [0.25, 0.3) is 0 Å².